The monoisotopic (exact) mass is 231 g/mol. The Morgan fingerprint density at radius 3 is 3.00 bits per heavy atom. The minimum atomic E-state index is 0.0401. The number of aliphatic hydroxyl groups is 1. The summed E-state index contributed by atoms with van der Waals surface area (Å²) in [6.45, 7) is 0.906. The lowest BCUT2D eigenvalue weighted by Crippen LogP contribution is -2.43. The first kappa shape index (κ1) is 10.8. The van der Waals surface area contributed by atoms with Gasteiger partial charge in [0.1, 0.15) is 0 Å². The molecule has 17 heavy (non-hydrogen) atoms. The number of carbonyl (C=O) groups is 1. The van der Waals surface area contributed by atoms with Crippen LogP contribution in [0.3, 0.4) is 0 Å². The Kier molecular flexibility index (Phi) is 2.63. The maximum Gasteiger partial charge on any atom is 0.230 e. The van der Waals surface area contributed by atoms with Crippen molar-refractivity contribution in [3.63, 3.8) is 0 Å². The predicted octanol–water partition coefficient (Wildman–Crippen LogP) is 1.31. The van der Waals surface area contributed by atoms with E-state index in [-0.39, 0.29) is 24.5 Å². The van der Waals surface area contributed by atoms with Gasteiger partial charge in [0.25, 0.3) is 0 Å². The van der Waals surface area contributed by atoms with Gasteiger partial charge in [0.15, 0.2) is 0 Å². The molecule has 0 saturated carbocycles. The maximum absolute atomic E-state index is 12.4. The molecule has 2 aliphatic rings. The van der Waals surface area contributed by atoms with Crippen molar-refractivity contribution in [2.45, 2.75) is 31.2 Å². The zero-order chi connectivity index (χ0) is 11.8. The molecule has 3 heteroatoms. The van der Waals surface area contributed by atoms with Crippen LogP contribution in [0.15, 0.2) is 24.3 Å². The molecule has 0 radical (unpaired) electrons. The van der Waals surface area contributed by atoms with Gasteiger partial charge in [-0.25, -0.2) is 0 Å². The fourth-order valence-corrected chi connectivity index (χ4v) is 2.99. The van der Waals surface area contributed by atoms with Crippen LogP contribution in [0.2, 0.25) is 0 Å². The Balaban J connectivity index is 1.77. The molecule has 2 atom stereocenters. The molecule has 1 heterocycles. The van der Waals surface area contributed by atoms with Crippen molar-refractivity contribution in [3.05, 3.63) is 35.4 Å². The van der Waals surface area contributed by atoms with E-state index in [1.165, 1.54) is 11.1 Å². The van der Waals surface area contributed by atoms with Gasteiger partial charge in [-0.1, -0.05) is 24.3 Å². The van der Waals surface area contributed by atoms with Gasteiger partial charge in [0.2, 0.25) is 5.91 Å². The average Bonchev–Trinajstić information content (AvgIpc) is 2.78. The Bertz CT molecular complexity index is 444. The zero-order valence-corrected chi connectivity index (χ0v) is 9.80. The lowest BCUT2D eigenvalue weighted by atomic mass is 9.77. The third-order valence-corrected chi connectivity index (χ3v) is 4.02. The summed E-state index contributed by atoms with van der Waals surface area (Å²) in [6, 6.07) is 8.20. The second-order valence-corrected chi connectivity index (χ2v) is 4.97. The van der Waals surface area contributed by atoms with E-state index in [4.69, 9.17) is 0 Å². The number of hydrogen-bond acceptors (Lipinski definition) is 2. The molecule has 0 spiro atoms. The first-order valence-electron chi connectivity index (χ1n) is 6.30. The maximum atomic E-state index is 12.4. The van der Waals surface area contributed by atoms with Crippen LogP contribution in [0.4, 0.5) is 0 Å². The van der Waals surface area contributed by atoms with Crippen molar-refractivity contribution in [1.29, 1.82) is 0 Å². The summed E-state index contributed by atoms with van der Waals surface area (Å²) in [7, 11) is 0. The van der Waals surface area contributed by atoms with Crippen LogP contribution in [0, 0.1) is 0 Å². The van der Waals surface area contributed by atoms with Gasteiger partial charge in [-0.2, -0.15) is 0 Å². The molecular weight excluding hydrogens is 214 g/mol. The van der Waals surface area contributed by atoms with Crippen molar-refractivity contribution in [3.8, 4) is 0 Å². The second kappa shape index (κ2) is 4.15. The van der Waals surface area contributed by atoms with Gasteiger partial charge in [-0.3, -0.25) is 4.79 Å². The fraction of sp³-hybridized carbons (Fsp3) is 0.500. The van der Waals surface area contributed by atoms with Crippen molar-refractivity contribution in [2.24, 2.45) is 0 Å². The number of carbonyl (C=O) groups excluding carboxylic acids is 1. The van der Waals surface area contributed by atoms with Gasteiger partial charge in [0, 0.05) is 6.54 Å². The number of aliphatic hydroxyl groups excluding tert-OH is 1. The van der Waals surface area contributed by atoms with E-state index in [0.29, 0.717) is 0 Å². The molecule has 1 aromatic carbocycles. The summed E-state index contributed by atoms with van der Waals surface area (Å²) >= 11 is 0. The fourth-order valence-electron chi connectivity index (χ4n) is 2.99. The van der Waals surface area contributed by atoms with E-state index in [0.717, 1.165) is 25.8 Å². The van der Waals surface area contributed by atoms with Crippen molar-refractivity contribution >= 4 is 5.91 Å². The Labute approximate surface area is 101 Å². The molecule has 1 N–H and O–H groups in total. The van der Waals surface area contributed by atoms with E-state index < -0.39 is 0 Å². The third-order valence-electron chi connectivity index (χ3n) is 4.02. The second-order valence-electron chi connectivity index (χ2n) is 4.97. The molecule has 1 fully saturated rings. The topological polar surface area (TPSA) is 40.5 Å². The lowest BCUT2D eigenvalue weighted by molar-refractivity contribution is -0.134. The summed E-state index contributed by atoms with van der Waals surface area (Å²) in [4.78, 5) is 14.3. The van der Waals surface area contributed by atoms with Gasteiger partial charge < -0.3 is 10.0 Å². The smallest absolute Gasteiger partial charge is 0.230 e. The summed E-state index contributed by atoms with van der Waals surface area (Å²) in [5.74, 6) is 0.249. The first-order chi connectivity index (χ1) is 8.31. The quantitative estimate of drug-likeness (QED) is 0.833. The van der Waals surface area contributed by atoms with Crippen LogP contribution in [-0.2, 0) is 11.2 Å². The molecule has 0 bridgehead atoms. The summed E-state index contributed by atoms with van der Waals surface area (Å²) < 4.78 is 0. The van der Waals surface area contributed by atoms with Gasteiger partial charge in [0.05, 0.1) is 18.6 Å². The van der Waals surface area contributed by atoms with E-state index >= 15 is 0 Å². The van der Waals surface area contributed by atoms with E-state index in [9.17, 15) is 9.90 Å². The predicted molar refractivity (Wildman–Crippen MR) is 64.7 cm³/mol. The molecule has 90 valence electrons. The zero-order valence-electron chi connectivity index (χ0n) is 9.80. The SMILES string of the molecule is O=C(C1Cc2ccccc21)N1CCCC1CO. The molecule has 1 saturated heterocycles. The van der Waals surface area contributed by atoms with Crippen LogP contribution in [0.5, 0.6) is 0 Å². The number of rotatable bonds is 2. The standard InChI is InChI=1S/C14H17NO2/c16-9-11-5-3-7-15(11)14(17)13-8-10-4-1-2-6-12(10)13/h1-2,4,6,11,13,16H,3,5,7-9H2. The molecule has 0 aromatic heterocycles. The Morgan fingerprint density at radius 1 is 1.41 bits per heavy atom. The highest BCUT2D eigenvalue weighted by Crippen LogP contribution is 2.37. The number of hydrogen-bond donors (Lipinski definition) is 1. The Hall–Kier alpha value is -1.35. The molecule has 1 aliphatic carbocycles. The largest absolute Gasteiger partial charge is 0.394 e. The summed E-state index contributed by atoms with van der Waals surface area (Å²) in [5.41, 5.74) is 2.48. The normalized spacial score (nSPS) is 26.5. The minimum Gasteiger partial charge on any atom is -0.394 e. The van der Waals surface area contributed by atoms with Gasteiger partial charge in [-0.15, -0.1) is 0 Å². The molecule has 1 amide bonds. The van der Waals surface area contributed by atoms with Crippen LogP contribution in [0.1, 0.15) is 29.9 Å². The van der Waals surface area contributed by atoms with Crippen molar-refractivity contribution in [1.82, 2.24) is 4.90 Å². The lowest BCUT2D eigenvalue weighted by Gasteiger charge is -2.34. The van der Waals surface area contributed by atoms with E-state index in [2.05, 4.69) is 6.07 Å². The van der Waals surface area contributed by atoms with Crippen molar-refractivity contribution in [2.75, 3.05) is 13.2 Å². The van der Waals surface area contributed by atoms with Crippen LogP contribution in [0.25, 0.3) is 0 Å². The molecule has 2 unspecified atom stereocenters. The molecular formula is C14H17NO2. The average molecular weight is 231 g/mol. The molecule has 3 nitrogen and oxygen atoms in total. The van der Waals surface area contributed by atoms with E-state index in [1.54, 1.807) is 0 Å². The number of amides is 1. The highest BCUT2D eigenvalue weighted by Gasteiger charge is 2.38. The van der Waals surface area contributed by atoms with Gasteiger partial charge >= 0.3 is 0 Å². The van der Waals surface area contributed by atoms with Crippen molar-refractivity contribution < 1.29 is 9.90 Å². The Morgan fingerprint density at radius 2 is 2.24 bits per heavy atom. The number of likely N-dealkylation sites (tertiary alicyclic amines) is 1. The summed E-state index contributed by atoms with van der Waals surface area (Å²) in [6.07, 6.45) is 2.82. The van der Waals surface area contributed by atoms with Crippen LogP contribution in [-0.4, -0.2) is 35.1 Å². The number of nitrogens with zero attached hydrogens (tertiary/aromatic N) is 1. The first-order valence-corrected chi connectivity index (χ1v) is 6.30. The molecule has 1 aliphatic heterocycles. The van der Waals surface area contributed by atoms with Crippen LogP contribution < -0.4 is 0 Å². The number of fused-ring (bicyclic) bond motifs is 1. The number of benzene rings is 1. The molecule has 3 rings (SSSR count). The molecule has 1 aromatic rings. The van der Waals surface area contributed by atoms with E-state index in [1.807, 2.05) is 23.1 Å². The van der Waals surface area contributed by atoms with Crippen LogP contribution >= 0.6 is 0 Å². The minimum absolute atomic E-state index is 0.0401. The highest BCUT2D eigenvalue weighted by atomic mass is 16.3. The summed E-state index contributed by atoms with van der Waals surface area (Å²) in [5, 5.41) is 9.26. The highest BCUT2D eigenvalue weighted by molar-refractivity contribution is 5.87. The third kappa shape index (κ3) is 1.65. The van der Waals surface area contributed by atoms with Gasteiger partial charge in [-0.05, 0) is 30.4 Å².